The SMILES string of the molecule is CCCCCCN=C(NCC)N(C)Cc1cn(C)nc1C(C)C. The van der Waals surface area contributed by atoms with Gasteiger partial charge < -0.3 is 10.2 Å². The van der Waals surface area contributed by atoms with Gasteiger partial charge in [0.1, 0.15) is 0 Å². The molecule has 1 rings (SSSR count). The number of rotatable bonds is 9. The van der Waals surface area contributed by atoms with E-state index in [1.165, 1.54) is 36.9 Å². The third-order valence-corrected chi connectivity index (χ3v) is 3.86. The van der Waals surface area contributed by atoms with Crippen molar-refractivity contribution in [3.8, 4) is 0 Å². The fourth-order valence-corrected chi connectivity index (χ4v) is 2.69. The summed E-state index contributed by atoms with van der Waals surface area (Å²) in [4.78, 5) is 6.97. The molecule has 5 heteroatoms. The molecule has 0 radical (unpaired) electrons. The Morgan fingerprint density at radius 2 is 2.04 bits per heavy atom. The molecule has 0 spiro atoms. The van der Waals surface area contributed by atoms with Crippen molar-refractivity contribution in [2.45, 2.75) is 65.8 Å². The third-order valence-electron chi connectivity index (χ3n) is 3.86. The van der Waals surface area contributed by atoms with E-state index in [0.29, 0.717) is 5.92 Å². The second-order valence-electron chi connectivity index (χ2n) is 6.52. The minimum atomic E-state index is 0.438. The molecule has 132 valence electrons. The van der Waals surface area contributed by atoms with Gasteiger partial charge in [0.25, 0.3) is 0 Å². The number of hydrogen-bond acceptors (Lipinski definition) is 2. The van der Waals surface area contributed by atoms with Crippen molar-refractivity contribution in [3.05, 3.63) is 17.5 Å². The molecule has 0 aliphatic heterocycles. The van der Waals surface area contributed by atoms with Crippen molar-refractivity contribution in [1.82, 2.24) is 20.0 Å². The number of unbranched alkanes of at least 4 members (excludes halogenated alkanes) is 3. The maximum Gasteiger partial charge on any atom is 0.193 e. The molecule has 0 atom stereocenters. The molecule has 1 aromatic rings. The number of guanidine groups is 1. The lowest BCUT2D eigenvalue weighted by molar-refractivity contribution is 0.472. The molecule has 0 bridgehead atoms. The van der Waals surface area contributed by atoms with E-state index in [0.717, 1.165) is 25.6 Å². The summed E-state index contributed by atoms with van der Waals surface area (Å²) in [5.74, 6) is 1.43. The molecule has 0 aliphatic carbocycles. The van der Waals surface area contributed by atoms with Crippen LogP contribution in [0.2, 0.25) is 0 Å². The predicted octanol–water partition coefficient (Wildman–Crippen LogP) is 3.52. The topological polar surface area (TPSA) is 45.5 Å². The van der Waals surface area contributed by atoms with Gasteiger partial charge in [0.15, 0.2) is 5.96 Å². The lowest BCUT2D eigenvalue weighted by Gasteiger charge is -2.22. The molecule has 1 N–H and O–H groups in total. The van der Waals surface area contributed by atoms with Gasteiger partial charge in [-0.3, -0.25) is 9.67 Å². The van der Waals surface area contributed by atoms with Crippen molar-refractivity contribution in [2.24, 2.45) is 12.0 Å². The number of hydrogen-bond donors (Lipinski definition) is 1. The Hall–Kier alpha value is -1.52. The first-order chi connectivity index (χ1) is 11.0. The highest BCUT2D eigenvalue weighted by molar-refractivity contribution is 5.79. The van der Waals surface area contributed by atoms with Gasteiger partial charge in [0, 0.05) is 45.5 Å². The third kappa shape index (κ3) is 6.63. The molecule has 0 unspecified atom stereocenters. The van der Waals surface area contributed by atoms with E-state index < -0.39 is 0 Å². The van der Waals surface area contributed by atoms with E-state index in [2.05, 4.69) is 56.3 Å². The van der Waals surface area contributed by atoms with Crippen LogP contribution in [-0.4, -0.2) is 40.8 Å². The normalized spacial score (nSPS) is 12.0. The van der Waals surface area contributed by atoms with E-state index in [1.54, 1.807) is 0 Å². The molecule has 0 aliphatic rings. The van der Waals surface area contributed by atoms with Crippen LogP contribution in [0.3, 0.4) is 0 Å². The maximum absolute atomic E-state index is 4.77. The summed E-state index contributed by atoms with van der Waals surface area (Å²) in [6, 6.07) is 0. The average molecular weight is 322 g/mol. The Morgan fingerprint density at radius 1 is 1.30 bits per heavy atom. The number of aromatic nitrogens is 2. The van der Waals surface area contributed by atoms with Crippen LogP contribution in [0.15, 0.2) is 11.2 Å². The van der Waals surface area contributed by atoms with Crippen molar-refractivity contribution < 1.29 is 0 Å². The highest BCUT2D eigenvalue weighted by Gasteiger charge is 2.14. The molecule has 0 aromatic carbocycles. The van der Waals surface area contributed by atoms with Crippen LogP contribution < -0.4 is 5.32 Å². The summed E-state index contributed by atoms with van der Waals surface area (Å²) in [7, 11) is 4.09. The zero-order valence-corrected chi connectivity index (χ0v) is 15.9. The van der Waals surface area contributed by atoms with Gasteiger partial charge in [-0.1, -0.05) is 40.0 Å². The molecular weight excluding hydrogens is 286 g/mol. The summed E-state index contributed by atoms with van der Waals surface area (Å²) in [6.07, 6.45) is 7.12. The van der Waals surface area contributed by atoms with E-state index in [9.17, 15) is 0 Å². The van der Waals surface area contributed by atoms with Crippen LogP contribution in [0.5, 0.6) is 0 Å². The second-order valence-corrected chi connectivity index (χ2v) is 6.52. The van der Waals surface area contributed by atoms with Crippen LogP contribution in [0.25, 0.3) is 0 Å². The van der Waals surface area contributed by atoms with Gasteiger partial charge >= 0.3 is 0 Å². The largest absolute Gasteiger partial charge is 0.357 e. The highest BCUT2D eigenvalue weighted by atomic mass is 15.3. The minimum absolute atomic E-state index is 0.438. The van der Waals surface area contributed by atoms with Gasteiger partial charge in [-0.2, -0.15) is 5.10 Å². The lowest BCUT2D eigenvalue weighted by atomic mass is 10.1. The summed E-state index contributed by atoms with van der Waals surface area (Å²) < 4.78 is 1.91. The summed E-state index contributed by atoms with van der Waals surface area (Å²) >= 11 is 0. The smallest absolute Gasteiger partial charge is 0.193 e. The fourth-order valence-electron chi connectivity index (χ4n) is 2.69. The summed E-state index contributed by atoms with van der Waals surface area (Å²) in [6.45, 7) is 11.4. The van der Waals surface area contributed by atoms with E-state index >= 15 is 0 Å². The zero-order valence-electron chi connectivity index (χ0n) is 15.9. The van der Waals surface area contributed by atoms with Crippen LogP contribution in [0.1, 0.15) is 70.6 Å². The molecule has 23 heavy (non-hydrogen) atoms. The number of aryl methyl sites for hydroxylation is 1. The Morgan fingerprint density at radius 3 is 2.65 bits per heavy atom. The molecule has 1 heterocycles. The van der Waals surface area contributed by atoms with Crippen LogP contribution in [-0.2, 0) is 13.6 Å². The quantitative estimate of drug-likeness (QED) is 0.430. The van der Waals surface area contributed by atoms with Crippen LogP contribution in [0.4, 0.5) is 0 Å². The summed E-state index contributed by atoms with van der Waals surface area (Å²) in [5, 5.41) is 7.99. The molecule has 1 aromatic heterocycles. The van der Waals surface area contributed by atoms with Crippen molar-refractivity contribution in [1.29, 1.82) is 0 Å². The first kappa shape index (κ1) is 19.5. The second kappa shape index (κ2) is 10.3. The van der Waals surface area contributed by atoms with Crippen molar-refractivity contribution in [2.75, 3.05) is 20.1 Å². The predicted molar refractivity (Wildman–Crippen MR) is 98.9 cm³/mol. The van der Waals surface area contributed by atoms with E-state index in [4.69, 9.17) is 4.99 Å². The first-order valence-electron chi connectivity index (χ1n) is 9.01. The molecular formula is C18H35N5. The Bertz CT molecular complexity index is 476. The lowest BCUT2D eigenvalue weighted by Crippen LogP contribution is -2.38. The van der Waals surface area contributed by atoms with E-state index in [-0.39, 0.29) is 0 Å². The molecule has 0 saturated heterocycles. The van der Waals surface area contributed by atoms with Gasteiger partial charge in [-0.05, 0) is 19.3 Å². The molecule has 0 amide bonds. The molecule has 0 fully saturated rings. The van der Waals surface area contributed by atoms with Gasteiger partial charge in [-0.25, -0.2) is 0 Å². The highest BCUT2D eigenvalue weighted by Crippen LogP contribution is 2.18. The molecule has 0 saturated carbocycles. The van der Waals surface area contributed by atoms with Gasteiger partial charge in [-0.15, -0.1) is 0 Å². The number of nitrogens with one attached hydrogen (secondary N) is 1. The van der Waals surface area contributed by atoms with E-state index in [1.807, 2.05) is 11.7 Å². The van der Waals surface area contributed by atoms with Crippen LogP contribution in [0, 0.1) is 0 Å². The number of nitrogens with zero attached hydrogens (tertiary/aromatic N) is 4. The minimum Gasteiger partial charge on any atom is -0.357 e. The number of aliphatic imine (C=N–C) groups is 1. The van der Waals surface area contributed by atoms with Crippen molar-refractivity contribution in [3.63, 3.8) is 0 Å². The summed E-state index contributed by atoms with van der Waals surface area (Å²) in [5.41, 5.74) is 2.46. The average Bonchev–Trinajstić information content (AvgIpc) is 2.86. The maximum atomic E-state index is 4.77. The Kier molecular flexibility index (Phi) is 8.74. The fraction of sp³-hybridized carbons (Fsp3) is 0.778. The Balaban J connectivity index is 2.70. The standard InChI is InChI=1S/C18H35N5/c1-7-9-10-11-12-20-18(19-8-2)22(5)13-16-14-23(6)21-17(16)15(3)4/h14-15H,7-13H2,1-6H3,(H,19,20). The van der Waals surface area contributed by atoms with Gasteiger partial charge in [0.05, 0.1) is 5.69 Å². The van der Waals surface area contributed by atoms with Crippen LogP contribution >= 0.6 is 0 Å². The zero-order chi connectivity index (χ0) is 17.2. The Labute approximate surface area is 142 Å². The van der Waals surface area contributed by atoms with Gasteiger partial charge in [0.2, 0.25) is 0 Å². The molecule has 5 nitrogen and oxygen atoms in total. The first-order valence-corrected chi connectivity index (χ1v) is 9.01. The van der Waals surface area contributed by atoms with Crippen molar-refractivity contribution >= 4 is 5.96 Å². The monoisotopic (exact) mass is 321 g/mol.